The molecule has 1 aliphatic rings. The molecule has 5 rings (SSSR count). The summed E-state index contributed by atoms with van der Waals surface area (Å²) >= 11 is 1.22. The maximum Gasteiger partial charge on any atom is 0.264 e. The van der Waals surface area contributed by atoms with Crippen LogP contribution in [-0.4, -0.2) is 15.6 Å². The number of carbonyl (C=O) groups is 1. The molecular weight excluding hydrogens is 421 g/mol. The second-order valence-corrected chi connectivity index (χ2v) is 8.68. The first-order chi connectivity index (χ1) is 15.6. The van der Waals surface area contributed by atoms with Gasteiger partial charge in [0.05, 0.1) is 4.91 Å². The van der Waals surface area contributed by atoms with Gasteiger partial charge in [0.2, 0.25) is 0 Å². The van der Waals surface area contributed by atoms with Crippen LogP contribution in [0.1, 0.15) is 16.7 Å². The first-order valence-electron chi connectivity index (χ1n) is 10.2. The van der Waals surface area contributed by atoms with Crippen molar-refractivity contribution >= 4 is 45.5 Å². The molecule has 3 aromatic carbocycles. The van der Waals surface area contributed by atoms with E-state index in [0.29, 0.717) is 10.1 Å². The molecule has 158 valence electrons. The molecule has 4 aromatic rings. The van der Waals surface area contributed by atoms with Crippen LogP contribution in [0, 0.1) is 12.7 Å². The van der Waals surface area contributed by atoms with E-state index in [-0.39, 0.29) is 11.6 Å². The molecule has 1 aliphatic heterocycles. The van der Waals surface area contributed by atoms with Gasteiger partial charge in [-0.2, -0.15) is 0 Å². The highest BCUT2D eigenvalue weighted by molar-refractivity contribution is 8.18. The Morgan fingerprint density at radius 3 is 2.72 bits per heavy atom. The largest absolute Gasteiger partial charge is 0.342 e. The minimum absolute atomic E-state index is 0.200. The van der Waals surface area contributed by atoms with Gasteiger partial charge in [-0.1, -0.05) is 60.2 Å². The van der Waals surface area contributed by atoms with E-state index in [2.05, 4.69) is 64.4 Å². The van der Waals surface area contributed by atoms with Crippen molar-refractivity contribution in [2.75, 3.05) is 0 Å². The van der Waals surface area contributed by atoms with Crippen molar-refractivity contribution in [2.45, 2.75) is 13.5 Å². The molecule has 0 unspecified atom stereocenters. The minimum atomic E-state index is -0.425. The lowest BCUT2D eigenvalue weighted by Crippen LogP contribution is -2.19. The number of halogens is 1. The van der Waals surface area contributed by atoms with Gasteiger partial charge >= 0.3 is 0 Å². The SMILES string of the molecule is Cc1cccc(Cn2cc(/C=C3\SC(=Nc4ccccc4F)NC3=O)c3ccccc32)c1. The highest BCUT2D eigenvalue weighted by Crippen LogP contribution is 2.31. The molecule has 1 amide bonds. The lowest BCUT2D eigenvalue weighted by atomic mass is 10.1. The number of benzene rings is 3. The average Bonchev–Trinajstić information content (AvgIpc) is 3.30. The fourth-order valence-corrected chi connectivity index (χ4v) is 4.63. The maximum absolute atomic E-state index is 13.9. The van der Waals surface area contributed by atoms with Crippen LogP contribution >= 0.6 is 11.8 Å². The number of carbonyl (C=O) groups excluding carboxylic acids is 1. The molecule has 2 heterocycles. The predicted molar refractivity (Wildman–Crippen MR) is 129 cm³/mol. The molecule has 4 nitrogen and oxygen atoms in total. The van der Waals surface area contributed by atoms with Crippen molar-refractivity contribution in [3.05, 3.63) is 106 Å². The van der Waals surface area contributed by atoms with Gasteiger partial charge in [0.15, 0.2) is 5.17 Å². The summed E-state index contributed by atoms with van der Waals surface area (Å²) in [6.45, 7) is 2.83. The third kappa shape index (κ3) is 4.09. The summed E-state index contributed by atoms with van der Waals surface area (Å²) in [6.07, 6.45) is 3.94. The zero-order valence-corrected chi connectivity index (χ0v) is 18.2. The molecule has 1 saturated heterocycles. The van der Waals surface area contributed by atoms with E-state index in [1.54, 1.807) is 18.2 Å². The lowest BCUT2D eigenvalue weighted by molar-refractivity contribution is -0.115. The second-order valence-electron chi connectivity index (χ2n) is 7.65. The maximum atomic E-state index is 13.9. The molecule has 0 saturated carbocycles. The number of aliphatic imine (C=N–C) groups is 1. The van der Waals surface area contributed by atoms with Gasteiger partial charge in [-0.05, 0) is 48.5 Å². The molecule has 0 bridgehead atoms. The number of para-hydroxylation sites is 2. The Kier molecular flexibility index (Phi) is 5.37. The number of rotatable bonds is 4. The highest BCUT2D eigenvalue weighted by atomic mass is 32.2. The Bertz CT molecular complexity index is 1400. The molecule has 0 aliphatic carbocycles. The zero-order chi connectivity index (χ0) is 22.1. The van der Waals surface area contributed by atoms with Crippen LogP contribution in [-0.2, 0) is 11.3 Å². The van der Waals surface area contributed by atoms with Gasteiger partial charge in [0.1, 0.15) is 11.5 Å². The minimum Gasteiger partial charge on any atom is -0.342 e. The summed E-state index contributed by atoms with van der Waals surface area (Å²) in [5.74, 6) is -0.660. The fraction of sp³-hybridized carbons (Fsp3) is 0.0769. The van der Waals surface area contributed by atoms with Crippen molar-refractivity contribution in [3.63, 3.8) is 0 Å². The third-order valence-electron chi connectivity index (χ3n) is 5.27. The van der Waals surface area contributed by atoms with Crippen molar-refractivity contribution in [1.29, 1.82) is 0 Å². The number of amidine groups is 1. The number of aromatic nitrogens is 1. The summed E-state index contributed by atoms with van der Waals surface area (Å²) < 4.78 is 16.1. The van der Waals surface area contributed by atoms with Crippen molar-refractivity contribution in [1.82, 2.24) is 9.88 Å². The summed E-state index contributed by atoms with van der Waals surface area (Å²) in [6, 6.07) is 22.8. The molecule has 1 fully saturated rings. The van der Waals surface area contributed by atoms with Crippen molar-refractivity contribution in [3.8, 4) is 0 Å². The molecule has 1 aromatic heterocycles. The first kappa shape index (κ1) is 20.3. The zero-order valence-electron chi connectivity index (χ0n) is 17.4. The summed E-state index contributed by atoms with van der Waals surface area (Å²) in [4.78, 5) is 17.3. The van der Waals surface area contributed by atoms with Gasteiger partial charge in [0.25, 0.3) is 5.91 Å². The molecule has 6 heteroatoms. The fourth-order valence-electron chi connectivity index (χ4n) is 3.80. The highest BCUT2D eigenvalue weighted by Gasteiger charge is 2.24. The van der Waals surface area contributed by atoms with Crippen LogP contribution in [0.3, 0.4) is 0 Å². The summed E-state index contributed by atoms with van der Waals surface area (Å²) in [5.41, 5.74) is 4.70. The summed E-state index contributed by atoms with van der Waals surface area (Å²) in [7, 11) is 0. The van der Waals surface area contributed by atoms with E-state index in [9.17, 15) is 9.18 Å². The third-order valence-corrected chi connectivity index (χ3v) is 6.18. The van der Waals surface area contributed by atoms with Crippen LogP contribution in [0.5, 0.6) is 0 Å². The number of amides is 1. The Labute approximate surface area is 189 Å². The molecule has 1 N–H and O–H groups in total. The van der Waals surface area contributed by atoms with Gasteiger partial charge in [-0.15, -0.1) is 0 Å². The molecule has 32 heavy (non-hydrogen) atoms. The number of fused-ring (bicyclic) bond motifs is 1. The average molecular weight is 442 g/mol. The number of nitrogens with zero attached hydrogens (tertiary/aromatic N) is 2. The lowest BCUT2D eigenvalue weighted by Gasteiger charge is -2.06. The Morgan fingerprint density at radius 2 is 1.88 bits per heavy atom. The van der Waals surface area contributed by atoms with E-state index in [0.717, 1.165) is 23.0 Å². The molecule has 0 radical (unpaired) electrons. The van der Waals surface area contributed by atoms with E-state index < -0.39 is 5.82 Å². The number of aryl methyl sites for hydroxylation is 1. The quantitative estimate of drug-likeness (QED) is 0.393. The van der Waals surface area contributed by atoms with Crippen molar-refractivity contribution < 1.29 is 9.18 Å². The number of nitrogens with one attached hydrogen (secondary N) is 1. The van der Waals surface area contributed by atoms with E-state index in [4.69, 9.17) is 0 Å². The van der Waals surface area contributed by atoms with Crippen LogP contribution in [0.4, 0.5) is 10.1 Å². The monoisotopic (exact) mass is 441 g/mol. The topological polar surface area (TPSA) is 46.4 Å². The van der Waals surface area contributed by atoms with Gasteiger partial charge in [-0.3, -0.25) is 4.79 Å². The van der Waals surface area contributed by atoms with Crippen LogP contribution in [0.15, 0.2) is 88.9 Å². The second kappa shape index (κ2) is 8.48. The molecular formula is C26H20FN3OS. The number of hydrogen-bond donors (Lipinski definition) is 1. The van der Waals surface area contributed by atoms with Gasteiger partial charge in [-0.25, -0.2) is 9.38 Å². The number of thioether (sulfide) groups is 1. The van der Waals surface area contributed by atoms with E-state index in [1.165, 1.54) is 29.0 Å². The number of hydrogen-bond acceptors (Lipinski definition) is 3. The van der Waals surface area contributed by atoms with Crippen molar-refractivity contribution in [2.24, 2.45) is 4.99 Å². The van der Waals surface area contributed by atoms with Gasteiger partial charge < -0.3 is 9.88 Å². The Balaban J connectivity index is 1.48. The first-order valence-corrected chi connectivity index (χ1v) is 11.1. The molecule has 0 atom stereocenters. The van der Waals surface area contributed by atoms with Gasteiger partial charge in [0, 0.05) is 29.2 Å². The normalized spacial score (nSPS) is 16.2. The predicted octanol–water partition coefficient (Wildman–Crippen LogP) is 6.03. The van der Waals surface area contributed by atoms with E-state index >= 15 is 0 Å². The smallest absolute Gasteiger partial charge is 0.264 e. The van der Waals surface area contributed by atoms with Crippen LogP contribution in [0.25, 0.3) is 17.0 Å². The van der Waals surface area contributed by atoms with Crippen LogP contribution in [0.2, 0.25) is 0 Å². The summed E-state index contributed by atoms with van der Waals surface area (Å²) in [5, 5.41) is 4.17. The molecule has 0 spiro atoms. The van der Waals surface area contributed by atoms with E-state index in [1.807, 2.05) is 18.2 Å². The Hall–Kier alpha value is -3.64. The standard InChI is InChI=1S/C26H20FN3OS/c1-17-7-6-8-18(13-17)15-30-16-19(20-9-2-5-12-23(20)30)14-24-25(31)29-26(32-24)28-22-11-4-3-10-21(22)27/h2-14,16H,15H2,1H3,(H,28,29,31)/b24-14-. The van der Waals surface area contributed by atoms with Crippen LogP contribution < -0.4 is 5.32 Å². The Morgan fingerprint density at radius 1 is 1.06 bits per heavy atom.